The molecular formula is C11H18N2O2S. The number of aryl methyl sites for hydroxylation is 1. The maximum absolute atomic E-state index is 11.5. The molecule has 0 saturated heterocycles. The minimum atomic E-state index is -0.295. The van der Waals surface area contributed by atoms with Gasteiger partial charge in [0.25, 0.3) is 0 Å². The molecule has 1 aromatic rings. The number of thiazole rings is 1. The lowest BCUT2D eigenvalue weighted by Crippen LogP contribution is -2.17. The van der Waals surface area contributed by atoms with E-state index in [4.69, 9.17) is 10.5 Å². The normalized spacial score (nSPS) is 12.5. The molecule has 0 radical (unpaired) electrons. The molecule has 1 heterocycles. The van der Waals surface area contributed by atoms with Gasteiger partial charge in [-0.3, -0.25) is 0 Å². The smallest absolute Gasteiger partial charge is 0.349 e. The number of nitrogens with zero attached hydrogens (tertiary/aromatic N) is 1. The number of methoxy groups -OCH3 is 1. The molecule has 0 amide bonds. The number of esters is 1. The van der Waals surface area contributed by atoms with Crippen LogP contribution in [0.5, 0.6) is 0 Å². The van der Waals surface area contributed by atoms with Crippen LogP contribution >= 0.6 is 11.3 Å². The van der Waals surface area contributed by atoms with Gasteiger partial charge in [-0.25, -0.2) is 9.78 Å². The number of ether oxygens (including phenoxy) is 1. The molecule has 1 aromatic heterocycles. The Morgan fingerprint density at radius 3 is 2.81 bits per heavy atom. The van der Waals surface area contributed by atoms with E-state index in [-0.39, 0.29) is 12.0 Å². The van der Waals surface area contributed by atoms with Crippen molar-refractivity contribution in [3.05, 3.63) is 15.6 Å². The van der Waals surface area contributed by atoms with Crippen LogP contribution in [0, 0.1) is 0 Å². The molecule has 90 valence electrons. The van der Waals surface area contributed by atoms with Crippen molar-refractivity contribution >= 4 is 17.3 Å². The number of hydrogen-bond acceptors (Lipinski definition) is 5. The highest BCUT2D eigenvalue weighted by atomic mass is 32.1. The lowest BCUT2D eigenvalue weighted by atomic mass is 10.2. The molecule has 0 fully saturated rings. The van der Waals surface area contributed by atoms with Crippen LogP contribution in [0.3, 0.4) is 0 Å². The van der Waals surface area contributed by atoms with Crippen LogP contribution in [0.25, 0.3) is 0 Å². The van der Waals surface area contributed by atoms with Crippen molar-refractivity contribution in [1.82, 2.24) is 4.98 Å². The standard InChI is InChI=1S/C11H18N2O2S/c1-4-5-8-10(11(14)15-3)16-9(13-8)6-7(2)12/h7H,4-6,12H2,1-3H3. The van der Waals surface area contributed by atoms with E-state index in [2.05, 4.69) is 11.9 Å². The second-order valence-electron chi connectivity index (χ2n) is 3.81. The topological polar surface area (TPSA) is 65.2 Å². The Balaban J connectivity index is 2.95. The van der Waals surface area contributed by atoms with Crippen molar-refractivity contribution in [2.24, 2.45) is 5.73 Å². The Bertz CT molecular complexity index is 361. The highest BCUT2D eigenvalue weighted by Crippen LogP contribution is 2.21. The van der Waals surface area contributed by atoms with Gasteiger partial charge in [-0.2, -0.15) is 0 Å². The van der Waals surface area contributed by atoms with E-state index in [0.29, 0.717) is 11.3 Å². The lowest BCUT2D eigenvalue weighted by Gasteiger charge is -1.98. The maximum atomic E-state index is 11.5. The molecule has 0 saturated carbocycles. The summed E-state index contributed by atoms with van der Waals surface area (Å²) < 4.78 is 4.74. The Labute approximate surface area is 99.8 Å². The fraction of sp³-hybridized carbons (Fsp3) is 0.636. The van der Waals surface area contributed by atoms with Crippen molar-refractivity contribution in [2.45, 2.75) is 39.2 Å². The number of rotatable bonds is 5. The van der Waals surface area contributed by atoms with Gasteiger partial charge in [0.15, 0.2) is 0 Å². The van der Waals surface area contributed by atoms with Gasteiger partial charge in [0, 0.05) is 12.5 Å². The van der Waals surface area contributed by atoms with Crippen molar-refractivity contribution in [3.8, 4) is 0 Å². The van der Waals surface area contributed by atoms with Crippen LogP contribution in [0.2, 0.25) is 0 Å². The van der Waals surface area contributed by atoms with Gasteiger partial charge in [-0.05, 0) is 13.3 Å². The summed E-state index contributed by atoms with van der Waals surface area (Å²) in [7, 11) is 1.39. The molecule has 1 rings (SSSR count). The molecule has 16 heavy (non-hydrogen) atoms. The highest BCUT2D eigenvalue weighted by molar-refractivity contribution is 7.13. The SMILES string of the molecule is CCCc1nc(CC(C)N)sc1C(=O)OC. The predicted molar refractivity (Wildman–Crippen MR) is 64.8 cm³/mol. The van der Waals surface area contributed by atoms with Crippen LogP contribution in [0.4, 0.5) is 0 Å². The zero-order valence-electron chi connectivity index (χ0n) is 9.95. The minimum Gasteiger partial charge on any atom is -0.465 e. The summed E-state index contributed by atoms with van der Waals surface area (Å²) in [5, 5.41) is 0.916. The molecule has 0 spiro atoms. The van der Waals surface area contributed by atoms with E-state index < -0.39 is 0 Å². The molecule has 2 N–H and O–H groups in total. The second kappa shape index (κ2) is 5.96. The molecular weight excluding hydrogens is 224 g/mol. The van der Waals surface area contributed by atoms with Crippen molar-refractivity contribution in [1.29, 1.82) is 0 Å². The Kier molecular flexibility index (Phi) is 4.89. The number of nitrogens with two attached hydrogens (primary N) is 1. The van der Waals surface area contributed by atoms with Crippen molar-refractivity contribution < 1.29 is 9.53 Å². The molecule has 1 atom stereocenters. The summed E-state index contributed by atoms with van der Waals surface area (Å²) in [6.07, 6.45) is 2.48. The molecule has 0 bridgehead atoms. The monoisotopic (exact) mass is 242 g/mol. The number of carbonyl (C=O) groups excluding carboxylic acids is 1. The Morgan fingerprint density at radius 1 is 1.62 bits per heavy atom. The summed E-state index contributed by atoms with van der Waals surface area (Å²) >= 11 is 1.39. The third-order valence-corrected chi connectivity index (χ3v) is 3.20. The van der Waals surface area contributed by atoms with E-state index in [0.717, 1.165) is 23.5 Å². The summed E-state index contributed by atoms with van der Waals surface area (Å²) in [6.45, 7) is 3.99. The van der Waals surface area contributed by atoms with Gasteiger partial charge >= 0.3 is 5.97 Å². The molecule has 0 aromatic carbocycles. The number of carbonyl (C=O) groups is 1. The van der Waals surface area contributed by atoms with E-state index in [1.165, 1.54) is 18.4 Å². The third kappa shape index (κ3) is 3.28. The van der Waals surface area contributed by atoms with E-state index in [1.807, 2.05) is 6.92 Å². The van der Waals surface area contributed by atoms with E-state index in [9.17, 15) is 4.79 Å². The first-order chi connectivity index (χ1) is 7.58. The molecule has 5 heteroatoms. The van der Waals surface area contributed by atoms with Crippen LogP contribution < -0.4 is 5.73 Å². The first-order valence-corrected chi connectivity index (χ1v) is 6.22. The predicted octanol–water partition coefficient (Wildman–Crippen LogP) is 1.77. The van der Waals surface area contributed by atoms with E-state index >= 15 is 0 Å². The van der Waals surface area contributed by atoms with Gasteiger partial charge in [-0.15, -0.1) is 11.3 Å². The first-order valence-electron chi connectivity index (χ1n) is 5.41. The summed E-state index contributed by atoms with van der Waals surface area (Å²) in [6, 6.07) is 0.0612. The first kappa shape index (κ1) is 13.1. The third-order valence-electron chi connectivity index (χ3n) is 2.10. The summed E-state index contributed by atoms with van der Waals surface area (Å²) in [4.78, 5) is 16.6. The minimum absolute atomic E-state index is 0.0612. The average molecular weight is 242 g/mol. The zero-order valence-corrected chi connectivity index (χ0v) is 10.8. The van der Waals surface area contributed by atoms with Crippen LogP contribution in [-0.2, 0) is 17.6 Å². The summed E-state index contributed by atoms with van der Waals surface area (Å²) in [5.74, 6) is -0.295. The highest BCUT2D eigenvalue weighted by Gasteiger charge is 2.18. The van der Waals surface area contributed by atoms with Crippen LogP contribution in [-0.4, -0.2) is 24.1 Å². The van der Waals surface area contributed by atoms with Crippen LogP contribution in [0.15, 0.2) is 0 Å². The Morgan fingerprint density at radius 2 is 2.31 bits per heavy atom. The fourth-order valence-electron chi connectivity index (χ4n) is 1.42. The molecule has 0 aliphatic heterocycles. The van der Waals surface area contributed by atoms with Crippen molar-refractivity contribution in [3.63, 3.8) is 0 Å². The fourth-order valence-corrected chi connectivity index (χ4v) is 2.59. The van der Waals surface area contributed by atoms with E-state index in [1.54, 1.807) is 0 Å². The van der Waals surface area contributed by atoms with Gasteiger partial charge in [0.1, 0.15) is 4.88 Å². The maximum Gasteiger partial charge on any atom is 0.349 e. The molecule has 0 aliphatic carbocycles. The van der Waals surface area contributed by atoms with Gasteiger partial charge < -0.3 is 10.5 Å². The number of aromatic nitrogens is 1. The number of hydrogen-bond donors (Lipinski definition) is 1. The largest absolute Gasteiger partial charge is 0.465 e. The quantitative estimate of drug-likeness (QED) is 0.799. The zero-order chi connectivity index (χ0) is 12.1. The Hall–Kier alpha value is -0.940. The lowest BCUT2D eigenvalue weighted by molar-refractivity contribution is 0.0605. The average Bonchev–Trinajstić information content (AvgIpc) is 2.59. The molecule has 0 aliphatic rings. The van der Waals surface area contributed by atoms with Gasteiger partial charge in [0.05, 0.1) is 17.8 Å². The van der Waals surface area contributed by atoms with Crippen LogP contribution in [0.1, 0.15) is 40.6 Å². The van der Waals surface area contributed by atoms with Gasteiger partial charge in [0.2, 0.25) is 0 Å². The summed E-state index contributed by atoms with van der Waals surface area (Å²) in [5.41, 5.74) is 6.56. The molecule has 4 nitrogen and oxygen atoms in total. The second-order valence-corrected chi connectivity index (χ2v) is 4.89. The molecule has 1 unspecified atom stereocenters. The van der Waals surface area contributed by atoms with Gasteiger partial charge in [-0.1, -0.05) is 13.3 Å². The van der Waals surface area contributed by atoms with Crippen molar-refractivity contribution in [2.75, 3.05) is 7.11 Å².